The molecule has 13 heavy (non-hydrogen) atoms. The Morgan fingerprint density at radius 1 is 1.46 bits per heavy atom. The van der Waals surface area contributed by atoms with Crippen molar-refractivity contribution in [1.29, 1.82) is 5.26 Å². The van der Waals surface area contributed by atoms with Gasteiger partial charge in [0.2, 0.25) is 0 Å². The van der Waals surface area contributed by atoms with Crippen molar-refractivity contribution >= 4 is 0 Å². The summed E-state index contributed by atoms with van der Waals surface area (Å²) in [6, 6.07) is 2.08. The third-order valence-corrected chi connectivity index (χ3v) is 2.56. The van der Waals surface area contributed by atoms with Crippen LogP contribution in [0.25, 0.3) is 0 Å². The summed E-state index contributed by atoms with van der Waals surface area (Å²) in [7, 11) is 2.01. The fourth-order valence-electron chi connectivity index (χ4n) is 1.17. The summed E-state index contributed by atoms with van der Waals surface area (Å²) in [4.78, 5) is 2.13. The summed E-state index contributed by atoms with van der Waals surface area (Å²) in [6.45, 7) is 9.35. The molecule has 3 heteroatoms. The minimum absolute atomic E-state index is 0.226. The van der Waals surface area contributed by atoms with Gasteiger partial charge >= 0.3 is 0 Å². The number of hydrogen-bond acceptors (Lipinski definition) is 3. The largest absolute Gasteiger partial charge is 0.315 e. The Bertz CT molecular complexity index is 187. The van der Waals surface area contributed by atoms with Crippen LogP contribution < -0.4 is 5.73 Å². The van der Waals surface area contributed by atoms with E-state index in [1.807, 2.05) is 13.1 Å². The van der Waals surface area contributed by atoms with Crippen LogP contribution in [0.5, 0.6) is 0 Å². The number of likely N-dealkylation sites (N-methyl/N-ethyl adjacent to an activating group) is 1. The van der Waals surface area contributed by atoms with Crippen LogP contribution in [0.15, 0.2) is 0 Å². The van der Waals surface area contributed by atoms with Gasteiger partial charge in [-0.15, -0.1) is 0 Å². The van der Waals surface area contributed by atoms with Crippen LogP contribution in [-0.2, 0) is 0 Å². The first-order valence-electron chi connectivity index (χ1n) is 4.64. The van der Waals surface area contributed by atoms with E-state index in [2.05, 4.69) is 32.6 Å². The number of nitrogens with two attached hydrogens (primary N) is 1. The molecule has 76 valence electrons. The molecule has 0 saturated heterocycles. The van der Waals surface area contributed by atoms with Gasteiger partial charge < -0.3 is 10.6 Å². The van der Waals surface area contributed by atoms with Crippen molar-refractivity contribution in [3.63, 3.8) is 0 Å². The van der Waals surface area contributed by atoms with Gasteiger partial charge in [0, 0.05) is 12.6 Å². The molecule has 2 N–H and O–H groups in total. The quantitative estimate of drug-likeness (QED) is 0.715. The molecule has 0 spiro atoms. The summed E-state index contributed by atoms with van der Waals surface area (Å²) in [5, 5.41) is 8.57. The molecular weight excluding hydrogens is 162 g/mol. The zero-order valence-electron chi connectivity index (χ0n) is 9.33. The highest BCUT2D eigenvalue weighted by Crippen LogP contribution is 2.22. The lowest BCUT2D eigenvalue weighted by molar-refractivity contribution is 0.139. The minimum Gasteiger partial charge on any atom is -0.315 e. The van der Waals surface area contributed by atoms with E-state index in [0.29, 0.717) is 12.6 Å². The summed E-state index contributed by atoms with van der Waals surface area (Å²) in [6.07, 6.45) is 0. The molecule has 3 nitrogen and oxygen atoms in total. The molecule has 0 heterocycles. The van der Waals surface area contributed by atoms with Crippen LogP contribution in [0, 0.1) is 16.7 Å². The van der Waals surface area contributed by atoms with E-state index in [1.165, 1.54) is 0 Å². The molecule has 0 amide bonds. The van der Waals surface area contributed by atoms with Gasteiger partial charge in [0.15, 0.2) is 0 Å². The second-order valence-electron chi connectivity index (χ2n) is 4.72. The van der Waals surface area contributed by atoms with E-state index >= 15 is 0 Å². The van der Waals surface area contributed by atoms with Gasteiger partial charge in [0.1, 0.15) is 6.04 Å². The van der Waals surface area contributed by atoms with Crippen LogP contribution >= 0.6 is 0 Å². The van der Waals surface area contributed by atoms with Gasteiger partial charge in [-0.1, -0.05) is 20.8 Å². The first kappa shape index (κ1) is 12.4. The van der Waals surface area contributed by atoms with E-state index in [-0.39, 0.29) is 11.5 Å². The summed E-state index contributed by atoms with van der Waals surface area (Å²) in [5.41, 5.74) is 5.78. The molecule has 0 aliphatic carbocycles. The zero-order chi connectivity index (χ0) is 10.6. The number of hydrogen-bond donors (Lipinski definition) is 1. The Kier molecular flexibility index (Phi) is 4.38. The molecule has 0 aliphatic rings. The van der Waals surface area contributed by atoms with Crippen LogP contribution in [0.4, 0.5) is 0 Å². The smallest absolute Gasteiger partial charge is 0.106 e. The summed E-state index contributed by atoms with van der Waals surface area (Å²) in [5.74, 6) is 0. The molecule has 0 radical (unpaired) electrons. The molecule has 0 aromatic rings. The SMILES string of the molecule is CC(N(C)CC(N)C#N)C(C)(C)C. The molecule has 0 aliphatic heterocycles. The molecular formula is C10H21N3. The summed E-state index contributed by atoms with van der Waals surface area (Å²) < 4.78 is 0. The highest BCUT2D eigenvalue weighted by molar-refractivity contribution is 4.90. The lowest BCUT2D eigenvalue weighted by Crippen LogP contribution is -2.44. The van der Waals surface area contributed by atoms with E-state index < -0.39 is 0 Å². The van der Waals surface area contributed by atoms with Crippen molar-refractivity contribution in [1.82, 2.24) is 4.90 Å². The predicted molar refractivity (Wildman–Crippen MR) is 55.1 cm³/mol. The third kappa shape index (κ3) is 4.25. The molecule has 0 rings (SSSR count). The molecule has 0 aromatic heterocycles. The lowest BCUT2D eigenvalue weighted by Gasteiger charge is -2.35. The van der Waals surface area contributed by atoms with Gasteiger partial charge in [-0.05, 0) is 19.4 Å². The second-order valence-corrected chi connectivity index (χ2v) is 4.72. The molecule has 0 aromatic carbocycles. The van der Waals surface area contributed by atoms with Crippen molar-refractivity contribution in [3.8, 4) is 6.07 Å². The monoisotopic (exact) mass is 183 g/mol. The minimum atomic E-state index is -0.380. The molecule has 2 unspecified atom stereocenters. The Morgan fingerprint density at radius 2 is 1.92 bits per heavy atom. The van der Waals surface area contributed by atoms with Crippen LogP contribution in [0.3, 0.4) is 0 Å². The number of rotatable bonds is 3. The average Bonchev–Trinajstić information content (AvgIpc) is 2.01. The van der Waals surface area contributed by atoms with Gasteiger partial charge in [-0.2, -0.15) is 5.26 Å². The third-order valence-electron chi connectivity index (χ3n) is 2.56. The van der Waals surface area contributed by atoms with Crippen LogP contribution in [0.1, 0.15) is 27.7 Å². The van der Waals surface area contributed by atoms with Crippen LogP contribution in [-0.4, -0.2) is 30.6 Å². The maximum atomic E-state index is 8.57. The Labute approximate surface area is 81.5 Å². The Balaban J connectivity index is 4.13. The van der Waals surface area contributed by atoms with Crippen molar-refractivity contribution in [2.24, 2.45) is 11.1 Å². The predicted octanol–water partition coefficient (Wildman–Crippen LogP) is 1.20. The summed E-state index contributed by atoms with van der Waals surface area (Å²) >= 11 is 0. The topological polar surface area (TPSA) is 53.0 Å². The lowest BCUT2D eigenvalue weighted by atomic mass is 9.87. The Hall–Kier alpha value is -0.590. The van der Waals surface area contributed by atoms with Gasteiger partial charge in [-0.3, -0.25) is 0 Å². The average molecular weight is 183 g/mol. The fourth-order valence-corrected chi connectivity index (χ4v) is 1.17. The van der Waals surface area contributed by atoms with Crippen molar-refractivity contribution in [2.45, 2.75) is 39.8 Å². The maximum absolute atomic E-state index is 8.57. The second kappa shape index (κ2) is 4.59. The van der Waals surface area contributed by atoms with Gasteiger partial charge in [0.25, 0.3) is 0 Å². The highest BCUT2D eigenvalue weighted by atomic mass is 15.1. The first-order chi connectivity index (χ1) is 5.79. The standard InChI is InChI=1S/C10H21N3/c1-8(10(2,3)4)13(5)7-9(12)6-11/h8-9H,7,12H2,1-5H3. The van der Waals surface area contributed by atoms with Crippen LogP contribution in [0.2, 0.25) is 0 Å². The van der Waals surface area contributed by atoms with Gasteiger partial charge in [0.05, 0.1) is 6.07 Å². The molecule has 2 atom stereocenters. The normalized spacial score (nSPS) is 16.8. The van der Waals surface area contributed by atoms with Crippen molar-refractivity contribution in [3.05, 3.63) is 0 Å². The highest BCUT2D eigenvalue weighted by Gasteiger charge is 2.24. The van der Waals surface area contributed by atoms with E-state index in [4.69, 9.17) is 11.0 Å². The van der Waals surface area contributed by atoms with E-state index in [0.717, 1.165) is 0 Å². The first-order valence-corrected chi connectivity index (χ1v) is 4.64. The van der Waals surface area contributed by atoms with Crippen molar-refractivity contribution in [2.75, 3.05) is 13.6 Å². The fraction of sp³-hybridized carbons (Fsp3) is 0.900. The van der Waals surface area contributed by atoms with Gasteiger partial charge in [-0.25, -0.2) is 0 Å². The van der Waals surface area contributed by atoms with E-state index in [1.54, 1.807) is 0 Å². The zero-order valence-corrected chi connectivity index (χ0v) is 9.33. The maximum Gasteiger partial charge on any atom is 0.106 e. The Morgan fingerprint density at radius 3 is 2.23 bits per heavy atom. The number of nitriles is 1. The molecule has 0 fully saturated rings. The molecule has 0 bridgehead atoms. The number of nitrogens with zero attached hydrogens (tertiary/aromatic N) is 2. The van der Waals surface area contributed by atoms with Crippen molar-refractivity contribution < 1.29 is 0 Å². The van der Waals surface area contributed by atoms with E-state index in [9.17, 15) is 0 Å². The molecule has 0 saturated carbocycles.